The van der Waals surface area contributed by atoms with Crippen LogP contribution < -0.4 is 0 Å². The van der Waals surface area contributed by atoms with Crippen molar-refractivity contribution in [2.45, 2.75) is 25.9 Å². The van der Waals surface area contributed by atoms with Crippen LogP contribution in [0, 0.1) is 5.92 Å². The summed E-state index contributed by atoms with van der Waals surface area (Å²) in [6, 6.07) is 0. The lowest BCUT2D eigenvalue weighted by molar-refractivity contribution is -0.152. The van der Waals surface area contributed by atoms with Gasteiger partial charge in [-0.25, -0.2) is 0 Å². The van der Waals surface area contributed by atoms with E-state index in [9.17, 15) is 9.59 Å². The van der Waals surface area contributed by atoms with E-state index in [2.05, 4.69) is 0 Å². The summed E-state index contributed by atoms with van der Waals surface area (Å²) in [5.74, 6) is -0.398. The van der Waals surface area contributed by atoms with E-state index in [0.29, 0.717) is 12.7 Å². The molecule has 0 radical (unpaired) electrons. The highest BCUT2D eigenvalue weighted by Gasteiger charge is 2.40. The zero-order valence-corrected chi connectivity index (χ0v) is 6.09. The fourth-order valence-corrected chi connectivity index (χ4v) is 1.14. The van der Waals surface area contributed by atoms with Crippen molar-refractivity contribution in [2.75, 3.05) is 0 Å². The second-order valence-electron chi connectivity index (χ2n) is 2.96. The smallest absolute Gasteiger partial charge is 0.309 e. The Morgan fingerprint density at radius 3 is 2.60 bits per heavy atom. The SMILES string of the molecule is C[C@@H]1C[C@](C)(C=O)OC1=O. The lowest BCUT2D eigenvalue weighted by Gasteiger charge is -2.12. The molecule has 2 atom stereocenters. The predicted octanol–water partition coefficient (Wildman–Crippen LogP) is 0.527. The average molecular weight is 142 g/mol. The third kappa shape index (κ3) is 1.03. The third-order valence-electron chi connectivity index (χ3n) is 1.70. The molecule has 1 saturated heterocycles. The van der Waals surface area contributed by atoms with Gasteiger partial charge in [-0.05, 0) is 6.92 Å². The first-order valence-electron chi connectivity index (χ1n) is 3.26. The number of rotatable bonds is 1. The van der Waals surface area contributed by atoms with E-state index in [-0.39, 0.29) is 11.9 Å². The minimum absolute atomic E-state index is 0.129. The quantitative estimate of drug-likeness (QED) is 0.396. The lowest BCUT2D eigenvalue weighted by atomic mass is 9.99. The van der Waals surface area contributed by atoms with Gasteiger partial charge in [-0.2, -0.15) is 0 Å². The Morgan fingerprint density at radius 2 is 2.40 bits per heavy atom. The standard InChI is InChI=1S/C7H10O3/c1-5-3-7(2,4-8)10-6(5)9/h4-5H,3H2,1-2H3/t5-,7-/m1/s1. The van der Waals surface area contributed by atoms with Gasteiger partial charge >= 0.3 is 5.97 Å². The summed E-state index contributed by atoms with van der Waals surface area (Å²) in [4.78, 5) is 21.1. The third-order valence-corrected chi connectivity index (χ3v) is 1.70. The highest BCUT2D eigenvalue weighted by molar-refractivity contribution is 5.80. The number of cyclic esters (lactones) is 1. The fraction of sp³-hybridized carbons (Fsp3) is 0.714. The van der Waals surface area contributed by atoms with Crippen LogP contribution >= 0.6 is 0 Å². The summed E-state index contributed by atoms with van der Waals surface area (Å²) >= 11 is 0. The van der Waals surface area contributed by atoms with E-state index in [1.54, 1.807) is 13.8 Å². The molecule has 0 aromatic heterocycles. The number of ether oxygens (including phenoxy) is 1. The number of aldehydes is 1. The molecule has 0 saturated carbocycles. The van der Waals surface area contributed by atoms with Gasteiger partial charge in [0.15, 0.2) is 11.9 Å². The van der Waals surface area contributed by atoms with Crippen molar-refractivity contribution in [1.29, 1.82) is 0 Å². The van der Waals surface area contributed by atoms with Gasteiger partial charge in [-0.1, -0.05) is 6.92 Å². The van der Waals surface area contributed by atoms with E-state index in [0.717, 1.165) is 0 Å². The molecule has 1 rings (SSSR count). The summed E-state index contributed by atoms with van der Waals surface area (Å²) in [5, 5.41) is 0. The summed E-state index contributed by atoms with van der Waals surface area (Å²) < 4.78 is 4.80. The Labute approximate surface area is 59.4 Å². The molecule has 10 heavy (non-hydrogen) atoms. The van der Waals surface area contributed by atoms with Gasteiger partial charge in [0.1, 0.15) is 0 Å². The molecule has 0 spiro atoms. The molecule has 0 aromatic rings. The van der Waals surface area contributed by atoms with Crippen molar-refractivity contribution in [2.24, 2.45) is 5.92 Å². The lowest BCUT2D eigenvalue weighted by Crippen LogP contribution is -2.25. The first kappa shape index (κ1) is 7.25. The first-order valence-corrected chi connectivity index (χ1v) is 3.26. The van der Waals surface area contributed by atoms with Crippen LogP contribution in [0.4, 0.5) is 0 Å². The van der Waals surface area contributed by atoms with Crippen LogP contribution in [-0.2, 0) is 14.3 Å². The van der Waals surface area contributed by atoms with E-state index >= 15 is 0 Å². The van der Waals surface area contributed by atoms with E-state index in [1.807, 2.05) is 0 Å². The van der Waals surface area contributed by atoms with Crippen LogP contribution in [0.25, 0.3) is 0 Å². The molecule has 1 aliphatic heterocycles. The van der Waals surface area contributed by atoms with Crippen molar-refractivity contribution in [1.82, 2.24) is 0 Å². The Kier molecular flexibility index (Phi) is 1.50. The first-order chi connectivity index (χ1) is 4.57. The number of hydrogen-bond donors (Lipinski definition) is 0. The summed E-state index contributed by atoms with van der Waals surface area (Å²) in [7, 11) is 0. The average Bonchev–Trinajstić information content (AvgIpc) is 2.10. The molecule has 1 aliphatic rings. The van der Waals surface area contributed by atoms with Crippen molar-refractivity contribution < 1.29 is 14.3 Å². The molecule has 3 heteroatoms. The fourth-order valence-electron chi connectivity index (χ4n) is 1.14. The highest BCUT2D eigenvalue weighted by atomic mass is 16.6. The molecule has 0 bridgehead atoms. The van der Waals surface area contributed by atoms with Gasteiger partial charge in [0.2, 0.25) is 0 Å². The predicted molar refractivity (Wildman–Crippen MR) is 34.3 cm³/mol. The second kappa shape index (κ2) is 2.08. The van der Waals surface area contributed by atoms with Gasteiger partial charge in [-0.15, -0.1) is 0 Å². The Balaban J connectivity index is 2.73. The van der Waals surface area contributed by atoms with Crippen molar-refractivity contribution in [3.8, 4) is 0 Å². The summed E-state index contributed by atoms with van der Waals surface area (Å²) in [5.41, 5.74) is -0.851. The second-order valence-corrected chi connectivity index (χ2v) is 2.96. The maximum absolute atomic E-state index is 10.8. The molecule has 56 valence electrons. The molecule has 0 amide bonds. The number of esters is 1. The van der Waals surface area contributed by atoms with Gasteiger partial charge < -0.3 is 4.74 Å². The van der Waals surface area contributed by atoms with Crippen LogP contribution in [0.5, 0.6) is 0 Å². The molecule has 0 unspecified atom stereocenters. The van der Waals surface area contributed by atoms with Crippen molar-refractivity contribution >= 4 is 12.3 Å². The Hall–Kier alpha value is -0.860. The van der Waals surface area contributed by atoms with Gasteiger partial charge in [0.05, 0.1) is 5.92 Å². The molecular weight excluding hydrogens is 132 g/mol. The largest absolute Gasteiger partial charge is 0.451 e. The van der Waals surface area contributed by atoms with Gasteiger partial charge in [-0.3, -0.25) is 9.59 Å². The molecule has 1 fully saturated rings. The summed E-state index contributed by atoms with van der Waals surface area (Å²) in [6.07, 6.45) is 1.20. The zero-order chi connectivity index (χ0) is 7.78. The topological polar surface area (TPSA) is 43.4 Å². The van der Waals surface area contributed by atoms with Crippen LogP contribution in [-0.4, -0.2) is 17.9 Å². The van der Waals surface area contributed by atoms with E-state index in [4.69, 9.17) is 4.74 Å². The molecule has 0 aromatic carbocycles. The normalized spacial score (nSPS) is 39.4. The molecule has 0 aliphatic carbocycles. The van der Waals surface area contributed by atoms with Crippen molar-refractivity contribution in [3.63, 3.8) is 0 Å². The number of carbonyl (C=O) groups excluding carboxylic acids is 2. The monoisotopic (exact) mass is 142 g/mol. The van der Waals surface area contributed by atoms with Crippen LogP contribution in [0.2, 0.25) is 0 Å². The van der Waals surface area contributed by atoms with E-state index in [1.165, 1.54) is 0 Å². The van der Waals surface area contributed by atoms with Crippen LogP contribution in [0.15, 0.2) is 0 Å². The molecule has 3 nitrogen and oxygen atoms in total. The van der Waals surface area contributed by atoms with Crippen LogP contribution in [0.3, 0.4) is 0 Å². The zero-order valence-electron chi connectivity index (χ0n) is 6.09. The van der Waals surface area contributed by atoms with Crippen molar-refractivity contribution in [3.05, 3.63) is 0 Å². The minimum Gasteiger partial charge on any atom is -0.451 e. The van der Waals surface area contributed by atoms with Gasteiger partial charge in [0, 0.05) is 6.42 Å². The number of carbonyl (C=O) groups is 2. The van der Waals surface area contributed by atoms with Crippen LogP contribution in [0.1, 0.15) is 20.3 Å². The Morgan fingerprint density at radius 1 is 1.80 bits per heavy atom. The highest BCUT2D eigenvalue weighted by Crippen LogP contribution is 2.28. The molecule has 1 heterocycles. The van der Waals surface area contributed by atoms with Gasteiger partial charge in [0.25, 0.3) is 0 Å². The Bertz CT molecular complexity index is 176. The number of hydrogen-bond acceptors (Lipinski definition) is 3. The van der Waals surface area contributed by atoms with E-state index < -0.39 is 5.60 Å². The molecule has 0 N–H and O–H groups in total. The summed E-state index contributed by atoms with van der Waals surface area (Å²) in [6.45, 7) is 3.39. The maximum atomic E-state index is 10.8. The maximum Gasteiger partial charge on any atom is 0.309 e. The minimum atomic E-state index is -0.851. The molecular formula is C7H10O3.